The smallest absolute Gasteiger partial charge is 0.223 e. The Bertz CT molecular complexity index is 502. The lowest BCUT2D eigenvalue weighted by Crippen LogP contribution is -2.36. The van der Waals surface area contributed by atoms with Crippen LogP contribution in [0, 0.1) is 11.7 Å². The fraction of sp³-hybridized carbons (Fsp3) is 0.562. The lowest BCUT2D eigenvalue weighted by molar-refractivity contribution is -0.124. The van der Waals surface area contributed by atoms with E-state index in [1.807, 2.05) is 12.1 Å². The first-order valence-corrected chi connectivity index (χ1v) is 7.38. The zero-order valence-electron chi connectivity index (χ0n) is 12.0. The summed E-state index contributed by atoms with van der Waals surface area (Å²) in [6, 6.07) is 6.83. The molecule has 2 aliphatic rings. The number of nitrogens with one attached hydrogen (secondary N) is 1. The second kappa shape index (κ2) is 6.32. The average molecular weight is 313 g/mol. The van der Waals surface area contributed by atoms with Gasteiger partial charge < -0.3 is 11.1 Å². The minimum absolute atomic E-state index is 0. The quantitative estimate of drug-likeness (QED) is 0.897. The molecular formula is C16H22ClFN2O. The van der Waals surface area contributed by atoms with Crippen LogP contribution in [0.1, 0.15) is 37.7 Å². The van der Waals surface area contributed by atoms with Crippen molar-refractivity contribution in [3.05, 3.63) is 35.6 Å². The molecule has 0 aromatic heterocycles. The zero-order chi connectivity index (χ0) is 14.2. The maximum Gasteiger partial charge on any atom is 0.223 e. The molecule has 0 aliphatic heterocycles. The molecule has 3 N–H and O–H groups in total. The van der Waals surface area contributed by atoms with E-state index in [1.54, 1.807) is 0 Å². The van der Waals surface area contributed by atoms with Crippen molar-refractivity contribution in [2.45, 2.75) is 43.6 Å². The standard InChI is InChI=1S/C16H21FN2O.ClH/c17-13-4-2-12(3-5-13)16(7-8-16)10-19-15(20)11-1-6-14(18)9-11;/h2-5,11,14H,1,6-10,18H2,(H,19,20);1H. The first-order chi connectivity index (χ1) is 9.59. The van der Waals surface area contributed by atoms with E-state index < -0.39 is 0 Å². The van der Waals surface area contributed by atoms with Gasteiger partial charge in [-0.2, -0.15) is 0 Å². The van der Waals surface area contributed by atoms with Crippen LogP contribution in [0.5, 0.6) is 0 Å². The van der Waals surface area contributed by atoms with Crippen LogP contribution in [0.25, 0.3) is 0 Å². The van der Waals surface area contributed by atoms with Crippen molar-refractivity contribution in [1.82, 2.24) is 5.32 Å². The molecule has 116 valence electrons. The van der Waals surface area contributed by atoms with Gasteiger partial charge in [0, 0.05) is 23.9 Å². The molecule has 2 atom stereocenters. The lowest BCUT2D eigenvalue weighted by atomic mass is 9.95. The van der Waals surface area contributed by atoms with Crippen LogP contribution in [0.3, 0.4) is 0 Å². The van der Waals surface area contributed by atoms with Gasteiger partial charge in [-0.3, -0.25) is 4.79 Å². The van der Waals surface area contributed by atoms with Gasteiger partial charge in [-0.05, 0) is 49.8 Å². The van der Waals surface area contributed by atoms with Gasteiger partial charge in [-0.25, -0.2) is 4.39 Å². The van der Waals surface area contributed by atoms with Crippen LogP contribution in [0.15, 0.2) is 24.3 Å². The van der Waals surface area contributed by atoms with E-state index in [1.165, 1.54) is 12.1 Å². The predicted molar refractivity (Wildman–Crippen MR) is 82.9 cm³/mol. The fourth-order valence-electron chi connectivity index (χ4n) is 3.18. The maximum absolute atomic E-state index is 13.0. The summed E-state index contributed by atoms with van der Waals surface area (Å²) in [5.41, 5.74) is 7.01. The third-order valence-electron chi connectivity index (χ3n) is 4.76. The van der Waals surface area contributed by atoms with Crippen molar-refractivity contribution in [1.29, 1.82) is 0 Å². The third kappa shape index (κ3) is 3.55. The van der Waals surface area contributed by atoms with E-state index in [0.29, 0.717) is 6.54 Å². The minimum Gasteiger partial charge on any atom is -0.355 e. The van der Waals surface area contributed by atoms with Crippen molar-refractivity contribution < 1.29 is 9.18 Å². The second-order valence-corrected chi connectivity index (χ2v) is 6.28. The van der Waals surface area contributed by atoms with Gasteiger partial charge in [0.15, 0.2) is 0 Å². The van der Waals surface area contributed by atoms with E-state index in [4.69, 9.17) is 5.73 Å². The number of hydrogen-bond acceptors (Lipinski definition) is 2. The minimum atomic E-state index is -0.214. The summed E-state index contributed by atoms with van der Waals surface area (Å²) in [5, 5.41) is 3.07. The Kier molecular flexibility index (Phi) is 4.89. The van der Waals surface area contributed by atoms with Crippen molar-refractivity contribution in [2.24, 2.45) is 11.7 Å². The monoisotopic (exact) mass is 312 g/mol. The Morgan fingerprint density at radius 3 is 2.48 bits per heavy atom. The molecule has 2 saturated carbocycles. The highest BCUT2D eigenvalue weighted by atomic mass is 35.5. The van der Waals surface area contributed by atoms with Gasteiger partial charge >= 0.3 is 0 Å². The number of carbonyl (C=O) groups is 1. The molecule has 3 nitrogen and oxygen atoms in total. The van der Waals surface area contributed by atoms with Gasteiger partial charge in [0.2, 0.25) is 5.91 Å². The largest absolute Gasteiger partial charge is 0.355 e. The van der Waals surface area contributed by atoms with E-state index in [2.05, 4.69) is 5.32 Å². The molecule has 1 aromatic carbocycles. The highest BCUT2D eigenvalue weighted by Gasteiger charge is 2.44. The fourth-order valence-corrected chi connectivity index (χ4v) is 3.18. The van der Waals surface area contributed by atoms with Crippen LogP contribution in [0.4, 0.5) is 4.39 Å². The van der Waals surface area contributed by atoms with Crippen LogP contribution < -0.4 is 11.1 Å². The van der Waals surface area contributed by atoms with Gasteiger partial charge in [-0.15, -0.1) is 12.4 Å². The second-order valence-electron chi connectivity index (χ2n) is 6.28. The molecule has 5 heteroatoms. The molecule has 0 bridgehead atoms. The van der Waals surface area contributed by atoms with Gasteiger partial charge in [0.1, 0.15) is 5.82 Å². The van der Waals surface area contributed by atoms with Crippen LogP contribution in [-0.2, 0) is 10.2 Å². The average Bonchev–Trinajstić information content (AvgIpc) is 3.11. The molecular weight excluding hydrogens is 291 g/mol. The number of halogens is 2. The molecule has 0 heterocycles. The van der Waals surface area contributed by atoms with Crippen molar-refractivity contribution in [2.75, 3.05) is 6.54 Å². The summed E-state index contributed by atoms with van der Waals surface area (Å²) < 4.78 is 13.0. The lowest BCUT2D eigenvalue weighted by Gasteiger charge is -2.18. The first kappa shape index (κ1) is 16.2. The maximum atomic E-state index is 13.0. The predicted octanol–water partition coefficient (Wildman–Crippen LogP) is 2.52. The van der Waals surface area contributed by atoms with E-state index in [-0.39, 0.29) is 41.5 Å². The summed E-state index contributed by atoms with van der Waals surface area (Å²) in [4.78, 5) is 12.1. The summed E-state index contributed by atoms with van der Waals surface area (Å²) in [6.45, 7) is 0.656. The highest BCUT2D eigenvalue weighted by molar-refractivity contribution is 5.85. The van der Waals surface area contributed by atoms with Crippen molar-refractivity contribution >= 4 is 18.3 Å². The molecule has 0 spiro atoms. The Labute approximate surface area is 130 Å². The summed E-state index contributed by atoms with van der Waals surface area (Å²) >= 11 is 0. The number of amides is 1. The van der Waals surface area contributed by atoms with Crippen molar-refractivity contribution in [3.8, 4) is 0 Å². The van der Waals surface area contributed by atoms with E-state index in [9.17, 15) is 9.18 Å². The van der Waals surface area contributed by atoms with Gasteiger partial charge in [0.05, 0.1) is 0 Å². The Morgan fingerprint density at radius 1 is 1.29 bits per heavy atom. The van der Waals surface area contributed by atoms with Crippen molar-refractivity contribution in [3.63, 3.8) is 0 Å². The Balaban J connectivity index is 0.00000161. The van der Waals surface area contributed by atoms with Crippen LogP contribution >= 0.6 is 12.4 Å². The van der Waals surface area contributed by atoms with Gasteiger partial charge in [-0.1, -0.05) is 12.1 Å². The number of carbonyl (C=O) groups excluding carboxylic acids is 1. The Hall–Kier alpha value is -1.13. The van der Waals surface area contributed by atoms with Crippen LogP contribution in [0.2, 0.25) is 0 Å². The molecule has 2 unspecified atom stereocenters. The molecule has 2 aliphatic carbocycles. The SMILES string of the molecule is Cl.NC1CCC(C(=O)NCC2(c3ccc(F)cc3)CC2)C1. The number of hydrogen-bond donors (Lipinski definition) is 2. The third-order valence-corrected chi connectivity index (χ3v) is 4.76. The zero-order valence-corrected chi connectivity index (χ0v) is 12.8. The highest BCUT2D eigenvalue weighted by Crippen LogP contribution is 2.47. The molecule has 1 amide bonds. The Morgan fingerprint density at radius 2 is 1.95 bits per heavy atom. The number of rotatable bonds is 4. The molecule has 1 aromatic rings. The molecule has 3 rings (SSSR count). The molecule has 2 fully saturated rings. The normalized spacial score (nSPS) is 26.0. The summed E-state index contributed by atoms with van der Waals surface area (Å²) in [6.07, 6.45) is 4.76. The summed E-state index contributed by atoms with van der Waals surface area (Å²) in [7, 11) is 0. The molecule has 0 radical (unpaired) electrons. The molecule has 0 saturated heterocycles. The molecule has 21 heavy (non-hydrogen) atoms. The topological polar surface area (TPSA) is 55.1 Å². The van der Waals surface area contributed by atoms with E-state index >= 15 is 0 Å². The van der Waals surface area contributed by atoms with Gasteiger partial charge in [0.25, 0.3) is 0 Å². The van der Waals surface area contributed by atoms with E-state index in [0.717, 1.165) is 37.7 Å². The number of nitrogens with two attached hydrogens (primary N) is 1. The van der Waals surface area contributed by atoms with Crippen LogP contribution in [-0.4, -0.2) is 18.5 Å². The summed E-state index contributed by atoms with van der Waals surface area (Å²) in [5.74, 6) is -0.00566. The first-order valence-electron chi connectivity index (χ1n) is 7.38. The number of benzene rings is 1.